The number of aliphatic hydroxyl groups excluding tert-OH is 6. The molecule has 0 bridgehead atoms. The predicted octanol–water partition coefficient (Wildman–Crippen LogP) is 10.7. The molecule has 0 amide bonds. The zero-order valence-electron chi connectivity index (χ0n) is 44.5. The average molecular weight is 985 g/mol. The lowest BCUT2D eigenvalue weighted by Crippen LogP contribution is -2.65. The van der Waals surface area contributed by atoms with E-state index in [-0.39, 0.29) is 12.3 Å². The Morgan fingerprint density at radius 1 is 0.507 bits per heavy atom. The highest BCUT2D eigenvalue weighted by atomic mass is 16.8. The lowest BCUT2D eigenvalue weighted by molar-refractivity contribution is -0.376. The lowest BCUT2D eigenvalue weighted by Gasteiger charge is -2.46. The summed E-state index contributed by atoms with van der Waals surface area (Å²) in [4.78, 5) is 27.2. The zero-order chi connectivity index (χ0) is 50.8. The third-order valence-corrected chi connectivity index (χ3v) is 14.4. The molecule has 0 aromatic carbocycles. The molecule has 0 aromatic heterocycles. The molecular formula is C56H104O13. The topological polar surface area (TPSA) is 202 Å². The van der Waals surface area contributed by atoms with Gasteiger partial charge in [0.15, 0.2) is 18.5 Å². The van der Waals surface area contributed by atoms with E-state index < -0.39 is 86.6 Å². The van der Waals surface area contributed by atoms with Crippen LogP contribution in [0.5, 0.6) is 0 Å². The second-order valence-electron chi connectivity index (χ2n) is 21.3. The first kappa shape index (κ1) is 63.4. The van der Waals surface area contributed by atoms with E-state index in [1.165, 1.54) is 148 Å². The van der Waals surface area contributed by atoms with E-state index in [4.69, 9.17) is 23.7 Å². The molecule has 13 nitrogen and oxygen atoms in total. The molecule has 2 saturated heterocycles. The third-order valence-electron chi connectivity index (χ3n) is 14.4. The van der Waals surface area contributed by atoms with Crippen molar-refractivity contribution in [2.24, 2.45) is 17.8 Å². The summed E-state index contributed by atoms with van der Waals surface area (Å²) in [6.45, 7) is 11.3. The number of unbranched alkanes of at least 4 members (excludes halogenated alkanes) is 25. The number of esters is 2. The fourth-order valence-electron chi connectivity index (χ4n) is 10.2. The van der Waals surface area contributed by atoms with Crippen LogP contribution in [0.3, 0.4) is 0 Å². The molecular weight excluding hydrogens is 881 g/mol. The number of allylic oxidation sites excluding steroid dienone is 1. The molecule has 0 aliphatic carbocycles. The minimum absolute atomic E-state index is 0.0356. The van der Waals surface area contributed by atoms with E-state index in [0.717, 1.165) is 38.5 Å². The predicted molar refractivity (Wildman–Crippen MR) is 272 cm³/mol. The first-order valence-corrected chi connectivity index (χ1v) is 28.3. The van der Waals surface area contributed by atoms with Gasteiger partial charge in [0, 0.05) is 12.0 Å². The molecule has 6 N–H and O–H groups in total. The van der Waals surface area contributed by atoms with Crippen molar-refractivity contribution >= 4 is 11.9 Å². The number of rotatable bonds is 41. The molecule has 406 valence electrons. The Balaban J connectivity index is 1.95. The Morgan fingerprint density at radius 3 is 1.42 bits per heavy atom. The highest BCUT2D eigenvalue weighted by Gasteiger charge is 2.53. The summed E-state index contributed by atoms with van der Waals surface area (Å²) in [5.41, 5.74) is 0.299. The van der Waals surface area contributed by atoms with Gasteiger partial charge >= 0.3 is 11.9 Å². The number of ether oxygens (including phenoxy) is 5. The van der Waals surface area contributed by atoms with Crippen LogP contribution in [-0.4, -0.2) is 117 Å². The molecule has 0 saturated carbocycles. The monoisotopic (exact) mass is 985 g/mol. The first-order valence-electron chi connectivity index (χ1n) is 28.3. The number of hydrogen-bond acceptors (Lipinski definition) is 13. The van der Waals surface area contributed by atoms with Crippen molar-refractivity contribution in [1.82, 2.24) is 0 Å². The van der Waals surface area contributed by atoms with Gasteiger partial charge in [-0.1, -0.05) is 214 Å². The van der Waals surface area contributed by atoms with Crippen LogP contribution in [0.2, 0.25) is 0 Å². The second-order valence-corrected chi connectivity index (χ2v) is 21.3. The first-order chi connectivity index (χ1) is 33.3. The maximum absolute atomic E-state index is 13.8. The molecule has 2 rings (SSSR count). The maximum atomic E-state index is 13.8. The van der Waals surface area contributed by atoms with Crippen molar-refractivity contribution in [3.05, 3.63) is 11.6 Å². The molecule has 0 spiro atoms. The molecule has 2 fully saturated rings. The van der Waals surface area contributed by atoms with Gasteiger partial charge in [0.1, 0.15) is 36.6 Å². The van der Waals surface area contributed by atoms with E-state index in [0.29, 0.717) is 23.8 Å². The summed E-state index contributed by atoms with van der Waals surface area (Å²) in [5.74, 6) is -0.327. The Morgan fingerprint density at radius 2 is 0.942 bits per heavy atom. The van der Waals surface area contributed by atoms with Gasteiger partial charge in [-0.15, -0.1) is 0 Å². The summed E-state index contributed by atoms with van der Waals surface area (Å²) in [5, 5.41) is 63.0. The Labute approximate surface area is 419 Å². The maximum Gasteiger partial charge on any atom is 0.333 e. The van der Waals surface area contributed by atoms with Crippen molar-refractivity contribution in [3.8, 4) is 0 Å². The molecule has 0 radical (unpaired) electrons. The van der Waals surface area contributed by atoms with Crippen LogP contribution in [-0.2, 0) is 33.3 Å². The van der Waals surface area contributed by atoms with Crippen LogP contribution in [0.4, 0.5) is 0 Å². The smallest absolute Gasteiger partial charge is 0.333 e. The molecule has 13 heteroatoms. The van der Waals surface area contributed by atoms with Gasteiger partial charge < -0.3 is 54.3 Å². The van der Waals surface area contributed by atoms with Crippen molar-refractivity contribution in [2.75, 3.05) is 13.2 Å². The average Bonchev–Trinajstić information content (AvgIpc) is 3.32. The highest BCUT2D eigenvalue weighted by molar-refractivity contribution is 5.88. The lowest BCUT2D eigenvalue weighted by atomic mass is 9.86. The standard InChI is InChI=1S/C56H104O13/c1-7-9-11-13-15-17-19-21-23-24-26-28-30-32-34-41(3)36-42(4)37-43(5)38-44(6)54(64)68-52-49(61)46(40-58)66-56(69-55-51(63)50(62)48(60)45(39-57)65-55)53(52)67-47(59)35-33-31-29-27-25-22-20-18-16-14-12-10-8-2/h38,41-43,45-46,48-53,55-58,60-63H,7-37,39-40H2,1-6H3/t41-,42-,43-,45?,46?,48?,49?,50?,51?,52?,53?,55?,56?/m0/s1. The Bertz CT molecular complexity index is 1310. The van der Waals surface area contributed by atoms with E-state index in [1.54, 1.807) is 6.92 Å². The number of hydrogen-bond donors (Lipinski definition) is 6. The van der Waals surface area contributed by atoms with Gasteiger partial charge in [0.2, 0.25) is 6.29 Å². The Kier molecular flexibility index (Phi) is 35.7. The molecule has 13 atom stereocenters. The molecule has 69 heavy (non-hydrogen) atoms. The van der Waals surface area contributed by atoms with E-state index >= 15 is 0 Å². The molecule has 2 heterocycles. The molecule has 0 aromatic rings. The van der Waals surface area contributed by atoms with Crippen LogP contribution >= 0.6 is 0 Å². The van der Waals surface area contributed by atoms with Crippen molar-refractivity contribution in [3.63, 3.8) is 0 Å². The fourth-order valence-corrected chi connectivity index (χ4v) is 10.2. The van der Waals surface area contributed by atoms with Gasteiger partial charge in [-0.05, 0) is 43.9 Å². The fraction of sp³-hybridized carbons (Fsp3) is 0.929. The molecule has 10 unspecified atom stereocenters. The van der Waals surface area contributed by atoms with Gasteiger partial charge in [-0.2, -0.15) is 0 Å². The van der Waals surface area contributed by atoms with Crippen LogP contribution < -0.4 is 0 Å². The highest BCUT2D eigenvalue weighted by Crippen LogP contribution is 2.32. The van der Waals surface area contributed by atoms with Crippen LogP contribution in [0.25, 0.3) is 0 Å². The van der Waals surface area contributed by atoms with E-state index in [1.807, 2.05) is 6.08 Å². The molecule has 2 aliphatic heterocycles. The van der Waals surface area contributed by atoms with Crippen LogP contribution in [0.15, 0.2) is 11.6 Å². The van der Waals surface area contributed by atoms with Gasteiger partial charge in [0.25, 0.3) is 0 Å². The minimum atomic E-state index is -1.82. The van der Waals surface area contributed by atoms with Crippen LogP contribution in [0.1, 0.15) is 241 Å². The van der Waals surface area contributed by atoms with Gasteiger partial charge in [0.05, 0.1) is 13.2 Å². The van der Waals surface area contributed by atoms with Crippen molar-refractivity contribution in [1.29, 1.82) is 0 Å². The summed E-state index contributed by atoms with van der Waals surface area (Å²) in [7, 11) is 0. The zero-order valence-corrected chi connectivity index (χ0v) is 44.5. The summed E-state index contributed by atoms with van der Waals surface area (Å²) in [6.07, 6.45) is 22.7. The SMILES string of the molecule is CCCCCCCCCCCCCCCC[C@H](C)C[C@H](C)C[C@H](C)C=C(C)C(=O)OC1C(O)C(CO)OC(OC2OC(CO)C(O)C(O)C2O)C1OC(=O)CCCCCCCCCCCCCCC. The quantitative estimate of drug-likeness (QED) is 0.0192. The number of aliphatic hydroxyl groups is 6. The van der Waals surface area contributed by atoms with Crippen molar-refractivity contribution in [2.45, 2.75) is 302 Å². The Hall–Kier alpha value is -1.68. The van der Waals surface area contributed by atoms with E-state index in [2.05, 4.69) is 34.6 Å². The number of carbonyl (C=O) groups excluding carboxylic acids is 2. The third kappa shape index (κ3) is 26.7. The van der Waals surface area contributed by atoms with Crippen LogP contribution in [0, 0.1) is 17.8 Å². The molecule has 2 aliphatic rings. The summed E-state index contributed by atoms with van der Waals surface area (Å²) >= 11 is 0. The van der Waals surface area contributed by atoms with Gasteiger partial charge in [-0.3, -0.25) is 4.79 Å². The minimum Gasteiger partial charge on any atom is -0.453 e. The largest absolute Gasteiger partial charge is 0.453 e. The van der Waals surface area contributed by atoms with E-state index in [9.17, 15) is 40.2 Å². The summed E-state index contributed by atoms with van der Waals surface area (Å²) in [6, 6.07) is 0. The number of carbonyl (C=O) groups is 2. The second kappa shape index (κ2) is 38.9. The van der Waals surface area contributed by atoms with Crippen molar-refractivity contribution < 1.29 is 63.9 Å². The summed E-state index contributed by atoms with van der Waals surface area (Å²) < 4.78 is 29.1. The van der Waals surface area contributed by atoms with Gasteiger partial charge in [-0.25, -0.2) is 4.79 Å². The normalized spacial score (nSPS) is 26.7.